The number of nitrogens with one attached hydrogen (secondary N) is 1. The Labute approximate surface area is 184 Å². The topological polar surface area (TPSA) is 34.0 Å². The molecule has 0 saturated carbocycles. The molecule has 1 aromatic heterocycles. The highest BCUT2D eigenvalue weighted by atomic mass is 16.2. The van der Waals surface area contributed by atoms with Crippen LogP contribution in [-0.4, -0.2) is 10.6 Å². The minimum atomic E-state index is -0.152. The van der Waals surface area contributed by atoms with E-state index < -0.39 is 0 Å². The Hall–Kier alpha value is -3.33. The second-order valence-electron chi connectivity index (χ2n) is 8.53. The van der Waals surface area contributed by atoms with Crippen LogP contribution < -0.4 is 5.32 Å². The summed E-state index contributed by atoms with van der Waals surface area (Å²) in [7, 11) is 0. The average molecular weight is 411 g/mol. The summed E-state index contributed by atoms with van der Waals surface area (Å²) in [6.45, 7) is 8.81. The molecule has 4 aromatic rings. The summed E-state index contributed by atoms with van der Waals surface area (Å²) in [6, 6.07) is 24.6. The van der Waals surface area contributed by atoms with Crippen molar-refractivity contribution < 1.29 is 4.79 Å². The lowest BCUT2D eigenvalue weighted by molar-refractivity contribution is 0.254. The van der Waals surface area contributed by atoms with Crippen LogP contribution in [0.4, 0.5) is 10.5 Å². The maximum atomic E-state index is 13.2. The number of amides is 1. The number of aromatic nitrogens is 1. The molecule has 0 spiro atoms. The lowest BCUT2D eigenvalue weighted by Gasteiger charge is -2.12. The first-order valence-corrected chi connectivity index (χ1v) is 11.1. The molecular weight excluding hydrogens is 380 g/mol. The molecule has 31 heavy (non-hydrogen) atoms. The number of para-hydroxylation sites is 1. The van der Waals surface area contributed by atoms with E-state index in [0.29, 0.717) is 11.8 Å². The molecule has 0 aliphatic rings. The second-order valence-corrected chi connectivity index (χ2v) is 8.53. The van der Waals surface area contributed by atoms with Gasteiger partial charge in [-0.2, -0.15) is 0 Å². The van der Waals surface area contributed by atoms with Crippen LogP contribution in [0.15, 0.2) is 79.0 Å². The van der Waals surface area contributed by atoms with Crippen LogP contribution in [0, 0.1) is 0 Å². The molecule has 3 nitrogen and oxygen atoms in total. The predicted octanol–water partition coefficient (Wildman–Crippen LogP) is 8.03. The first kappa shape index (κ1) is 20.9. The summed E-state index contributed by atoms with van der Waals surface area (Å²) in [5.74, 6) is 0.915. The van der Waals surface area contributed by atoms with Crippen molar-refractivity contribution in [2.75, 3.05) is 5.32 Å². The number of hydrogen-bond acceptors (Lipinski definition) is 1. The zero-order valence-corrected chi connectivity index (χ0v) is 18.7. The summed E-state index contributed by atoms with van der Waals surface area (Å²) in [5, 5.41) is 4.14. The first-order chi connectivity index (χ1) is 15.0. The molecule has 1 unspecified atom stereocenters. The Morgan fingerprint density at radius 1 is 0.871 bits per heavy atom. The highest BCUT2D eigenvalue weighted by Crippen LogP contribution is 2.35. The summed E-state index contributed by atoms with van der Waals surface area (Å²) >= 11 is 0. The normalized spacial score (nSPS) is 12.3. The third kappa shape index (κ3) is 4.13. The fourth-order valence-corrected chi connectivity index (χ4v) is 4.12. The van der Waals surface area contributed by atoms with Gasteiger partial charge < -0.3 is 5.32 Å². The van der Waals surface area contributed by atoms with E-state index in [4.69, 9.17) is 0 Å². The number of carbonyl (C=O) groups is 1. The number of fused-ring (bicyclic) bond motifs is 1. The van der Waals surface area contributed by atoms with Crippen molar-refractivity contribution in [3.63, 3.8) is 0 Å². The lowest BCUT2D eigenvalue weighted by atomic mass is 9.92. The van der Waals surface area contributed by atoms with Crippen molar-refractivity contribution in [2.45, 2.75) is 46.0 Å². The van der Waals surface area contributed by atoms with E-state index in [1.807, 2.05) is 36.5 Å². The van der Waals surface area contributed by atoms with E-state index >= 15 is 0 Å². The van der Waals surface area contributed by atoms with E-state index in [-0.39, 0.29) is 6.03 Å². The van der Waals surface area contributed by atoms with Gasteiger partial charge in [0, 0.05) is 22.8 Å². The van der Waals surface area contributed by atoms with Crippen molar-refractivity contribution in [3.05, 3.63) is 90.1 Å². The van der Waals surface area contributed by atoms with E-state index in [9.17, 15) is 4.79 Å². The van der Waals surface area contributed by atoms with Crippen LogP contribution in [0.5, 0.6) is 0 Å². The largest absolute Gasteiger partial charge is 0.330 e. The standard InChI is InChI=1S/C28H30N2O/c1-5-20(4)21-14-16-22(17-15-21)29-28(31)30-18-26(25-12-8-9-13-27(25)30)24-11-7-6-10-23(24)19(2)3/h6-20H,5H2,1-4H3,(H,29,31). The first-order valence-electron chi connectivity index (χ1n) is 11.1. The van der Waals surface area contributed by atoms with Crippen LogP contribution >= 0.6 is 0 Å². The molecule has 0 aliphatic heterocycles. The molecule has 158 valence electrons. The molecule has 0 bridgehead atoms. The zero-order valence-electron chi connectivity index (χ0n) is 18.7. The van der Waals surface area contributed by atoms with Gasteiger partial charge in [-0.3, -0.25) is 4.57 Å². The van der Waals surface area contributed by atoms with Gasteiger partial charge in [0.1, 0.15) is 0 Å². The van der Waals surface area contributed by atoms with Crippen molar-refractivity contribution >= 4 is 22.6 Å². The third-order valence-electron chi connectivity index (χ3n) is 6.15. The van der Waals surface area contributed by atoms with Crippen molar-refractivity contribution in [2.24, 2.45) is 0 Å². The molecule has 1 amide bonds. The molecule has 0 aliphatic carbocycles. The van der Waals surface area contributed by atoms with E-state index in [1.165, 1.54) is 16.7 Å². The maximum Gasteiger partial charge on any atom is 0.330 e. The number of rotatable bonds is 5. The Balaban J connectivity index is 1.72. The summed E-state index contributed by atoms with van der Waals surface area (Å²) < 4.78 is 1.73. The number of carbonyl (C=O) groups excluding carboxylic acids is 1. The molecule has 0 saturated heterocycles. The Morgan fingerprint density at radius 3 is 2.26 bits per heavy atom. The van der Waals surface area contributed by atoms with Crippen LogP contribution in [0.2, 0.25) is 0 Å². The Bertz CT molecular complexity index is 1200. The molecule has 1 N–H and O–H groups in total. The quantitative estimate of drug-likeness (QED) is 0.355. The van der Waals surface area contributed by atoms with Crippen molar-refractivity contribution in [3.8, 4) is 11.1 Å². The average Bonchev–Trinajstić information content (AvgIpc) is 3.19. The molecule has 0 radical (unpaired) electrons. The second kappa shape index (κ2) is 8.81. The van der Waals surface area contributed by atoms with Gasteiger partial charge in [-0.25, -0.2) is 4.79 Å². The Kier molecular flexibility index (Phi) is 5.94. The number of anilines is 1. The number of nitrogens with zero attached hydrogens (tertiary/aromatic N) is 1. The summed E-state index contributed by atoms with van der Waals surface area (Å²) in [5.41, 5.74) is 6.55. The molecular formula is C28H30N2O. The molecule has 1 atom stereocenters. The highest BCUT2D eigenvalue weighted by molar-refractivity contribution is 6.05. The molecule has 3 heteroatoms. The summed E-state index contributed by atoms with van der Waals surface area (Å²) in [6.07, 6.45) is 3.07. The van der Waals surface area contributed by atoms with Gasteiger partial charge in [0.15, 0.2) is 0 Å². The van der Waals surface area contributed by atoms with E-state index in [1.54, 1.807) is 4.57 Å². The van der Waals surface area contributed by atoms with E-state index in [0.717, 1.165) is 28.6 Å². The van der Waals surface area contributed by atoms with E-state index in [2.05, 4.69) is 75.5 Å². The smallest absolute Gasteiger partial charge is 0.307 e. The molecule has 1 heterocycles. The third-order valence-corrected chi connectivity index (χ3v) is 6.15. The highest BCUT2D eigenvalue weighted by Gasteiger charge is 2.17. The van der Waals surface area contributed by atoms with Gasteiger partial charge in [0.2, 0.25) is 0 Å². The van der Waals surface area contributed by atoms with Gasteiger partial charge in [-0.15, -0.1) is 0 Å². The van der Waals surface area contributed by atoms with Gasteiger partial charge in [-0.1, -0.05) is 82.3 Å². The van der Waals surface area contributed by atoms with Gasteiger partial charge in [0.25, 0.3) is 0 Å². The van der Waals surface area contributed by atoms with Gasteiger partial charge in [-0.05, 0) is 53.1 Å². The number of benzene rings is 3. The SMILES string of the molecule is CCC(C)c1ccc(NC(=O)n2cc(-c3ccccc3C(C)C)c3ccccc32)cc1. The Morgan fingerprint density at radius 2 is 1.55 bits per heavy atom. The fourth-order valence-electron chi connectivity index (χ4n) is 4.12. The molecule has 0 fully saturated rings. The van der Waals surface area contributed by atoms with Crippen molar-refractivity contribution in [1.82, 2.24) is 4.57 Å². The monoisotopic (exact) mass is 410 g/mol. The summed E-state index contributed by atoms with van der Waals surface area (Å²) in [4.78, 5) is 13.2. The van der Waals surface area contributed by atoms with Crippen LogP contribution in [-0.2, 0) is 0 Å². The van der Waals surface area contributed by atoms with Crippen LogP contribution in [0.3, 0.4) is 0 Å². The minimum absolute atomic E-state index is 0.152. The van der Waals surface area contributed by atoms with Gasteiger partial charge >= 0.3 is 6.03 Å². The number of hydrogen-bond donors (Lipinski definition) is 1. The zero-order chi connectivity index (χ0) is 22.0. The fraction of sp³-hybridized carbons (Fsp3) is 0.250. The van der Waals surface area contributed by atoms with Crippen molar-refractivity contribution in [1.29, 1.82) is 0 Å². The predicted molar refractivity (Wildman–Crippen MR) is 131 cm³/mol. The maximum absolute atomic E-state index is 13.2. The molecule has 4 rings (SSSR count). The van der Waals surface area contributed by atoms with Crippen LogP contribution in [0.25, 0.3) is 22.0 Å². The molecule has 3 aromatic carbocycles. The minimum Gasteiger partial charge on any atom is -0.307 e. The lowest BCUT2D eigenvalue weighted by Crippen LogP contribution is -2.18. The van der Waals surface area contributed by atoms with Gasteiger partial charge in [0.05, 0.1) is 5.52 Å². The van der Waals surface area contributed by atoms with Crippen LogP contribution in [0.1, 0.15) is 57.1 Å².